The van der Waals surface area contributed by atoms with Gasteiger partial charge in [-0.2, -0.15) is 9.68 Å². The van der Waals surface area contributed by atoms with Crippen molar-refractivity contribution in [2.24, 2.45) is 0 Å². The van der Waals surface area contributed by atoms with Crippen molar-refractivity contribution < 1.29 is 24.7 Å². The van der Waals surface area contributed by atoms with Crippen molar-refractivity contribution in [3.8, 4) is 0 Å². The van der Waals surface area contributed by atoms with Gasteiger partial charge >= 0.3 is 0 Å². The van der Waals surface area contributed by atoms with Crippen molar-refractivity contribution in [1.82, 2.24) is 0 Å². The van der Waals surface area contributed by atoms with Crippen LogP contribution < -0.4 is 0 Å². The lowest BCUT2D eigenvalue weighted by Crippen LogP contribution is -2.57. The van der Waals surface area contributed by atoms with Gasteiger partial charge in [-0.15, -0.1) is 0 Å². The fourth-order valence-electron chi connectivity index (χ4n) is 0.855. The van der Waals surface area contributed by atoms with E-state index in [1.54, 1.807) is 7.05 Å². The second-order valence-electron chi connectivity index (χ2n) is 4.13. The minimum atomic E-state index is -0.273. The summed E-state index contributed by atoms with van der Waals surface area (Å²) in [7, 11) is 1.76. The first kappa shape index (κ1) is 13.8. The van der Waals surface area contributed by atoms with E-state index < -0.39 is 0 Å². The van der Waals surface area contributed by atoms with E-state index in [4.69, 9.17) is 19.9 Å². The number of aliphatic hydroxyl groups is 2. The molecule has 2 N–H and O–H groups in total. The van der Waals surface area contributed by atoms with E-state index in [1.165, 1.54) is 0 Å². The molecule has 0 unspecified atom stereocenters. The minimum Gasteiger partial charge on any atom is -0.394 e. The molecule has 14 heavy (non-hydrogen) atoms. The highest BCUT2D eigenvalue weighted by Crippen LogP contribution is 2.23. The van der Waals surface area contributed by atoms with Gasteiger partial charge in [0.25, 0.3) is 0 Å². The molecule has 0 bridgehead atoms. The zero-order valence-corrected chi connectivity index (χ0v) is 9.49. The van der Waals surface area contributed by atoms with Crippen LogP contribution in [0.5, 0.6) is 0 Å². The molecule has 0 radical (unpaired) electrons. The number of aliphatic hydroxyl groups excluding tert-OH is 2. The van der Waals surface area contributed by atoms with Gasteiger partial charge in [0.15, 0.2) is 5.54 Å². The highest BCUT2D eigenvalue weighted by Gasteiger charge is 2.41. The Hall–Kier alpha value is -0.200. The molecule has 0 aromatic carbocycles. The van der Waals surface area contributed by atoms with Gasteiger partial charge in [-0.05, 0) is 25.6 Å². The van der Waals surface area contributed by atoms with Crippen LogP contribution in [0.3, 0.4) is 0 Å². The zero-order chi connectivity index (χ0) is 11.2. The third-order valence-electron chi connectivity index (χ3n) is 2.08. The summed E-state index contributed by atoms with van der Waals surface area (Å²) in [6.07, 6.45) is 0. The van der Waals surface area contributed by atoms with E-state index in [2.05, 4.69) is 0 Å². The normalized spacial score (nSPS) is 13.3. The highest BCUT2D eigenvalue weighted by molar-refractivity contribution is 4.55. The molecule has 0 heterocycles. The molecule has 5 nitrogen and oxygen atoms in total. The van der Waals surface area contributed by atoms with Crippen LogP contribution >= 0.6 is 0 Å². The van der Waals surface area contributed by atoms with Crippen molar-refractivity contribution in [3.63, 3.8) is 0 Å². The van der Waals surface area contributed by atoms with Crippen LogP contribution in [0.4, 0.5) is 0 Å². The predicted octanol–water partition coefficient (Wildman–Crippen LogP) is 0.0793. The summed E-state index contributed by atoms with van der Waals surface area (Å²) in [5.74, 6) is 0. The molecule has 0 aliphatic heterocycles. The Morgan fingerprint density at radius 3 is 1.57 bits per heavy atom. The maximum Gasteiger partial charge on any atom is 0.153 e. The Morgan fingerprint density at radius 2 is 1.36 bits per heavy atom. The molecular weight excluding hydrogens is 186 g/mol. The van der Waals surface area contributed by atoms with Crippen molar-refractivity contribution in [2.45, 2.75) is 26.3 Å². The van der Waals surface area contributed by atoms with E-state index in [0.717, 1.165) is 0 Å². The van der Waals surface area contributed by atoms with Gasteiger partial charge in [-0.25, -0.2) is 0 Å². The van der Waals surface area contributed by atoms with Crippen LogP contribution in [0, 0.1) is 0 Å². The summed E-state index contributed by atoms with van der Waals surface area (Å²) in [4.78, 5) is 10.7. The Morgan fingerprint density at radius 1 is 1.00 bits per heavy atom. The summed E-state index contributed by atoms with van der Waals surface area (Å²) in [6, 6.07) is 0. The van der Waals surface area contributed by atoms with Crippen molar-refractivity contribution in [3.05, 3.63) is 0 Å². The Labute approximate surface area is 85.4 Å². The maximum atomic E-state index is 8.68. The van der Waals surface area contributed by atoms with Crippen molar-refractivity contribution in [2.75, 3.05) is 33.5 Å². The third-order valence-corrected chi connectivity index (χ3v) is 2.08. The van der Waals surface area contributed by atoms with Crippen LogP contribution in [0.1, 0.15) is 20.8 Å². The standard InChI is InChI=1S/C9H22NO4/c1-9(2,3)10(4,13-7-5-11)14-8-6-12/h11-12H,5-8H2,1-4H3/q+1. The second-order valence-corrected chi connectivity index (χ2v) is 4.13. The van der Waals surface area contributed by atoms with Gasteiger partial charge in [0.2, 0.25) is 0 Å². The molecular formula is C9H22NO4+. The van der Waals surface area contributed by atoms with E-state index in [1.807, 2.05) is 20.8 Å². The minimum absolute atomic E-state index is 0.0492. The summed E-state index contributed by atoms with van der Waals surface area (Å²) >= 11 is 0. The lowest BCUT2D eigenvalue weighted by molar-refractivity contribution is -1.26. The molecule has 86 valence electrons. The van der Waals surface area contributed by atoms with Crippen molar-refractivity contribution >= 4 is 0 Å². The van der Waals surface area contributed by atoms with Gasteiger partial charge in [0.1, 0.15) is 20.3 Å². The fraction of sp³-hybridized carbons (Fsp3) is 1.00. The monoisotopic (exact) mass is 208 g/mol. The molecule has 0 rings (SSSR count). The third kappa shape index (κ3) is 3.89. The number of quaternary nitrogens is 1. The molecule has 0 fully saturated rings. The second kappa shape index (κ2) is 5.63. The smallest absolute Gasteiger partial charge is 0.153 e. The molecule has 0 amide bonds. The van der Waals surface area contributed by atoms with Crippen LogP contribution in [0.2, 0.25) is 0 Å². The average Bonchev–Trinajstić information content (AvgIpc) is 2.09. The van der Waals surface area contributed by atoms with Crippen LogP contribution in [-0.2, 0) is 9.68 Å². The zero-order valence-electron chi connectivity index (χ0n) is 9.49. The molecule has 0 aromatic heterocycles. The number of nitrogens with zero attached hydrogens (tertiary/aromatic N) is 1. The van der Waals surface area contributed by atoms with Crippen molar-refractivity contribution in [1.29, 1.82) is 0 Å². The van der Waals surface area contributed by atoms with Gasteiger partial charge in [0, 0.05) is 0 Å². The Kier molecular flexibility index (Phi) is 5.54. The molecule has 0 aromatic rings. The summed E-state index contributed by atoms with van der Waals surface area (Å²) in [6.45, 7) is 6.20. The van der Waals surface area contributed by atoms with Crippen LogP contribution in [0.25, 0.3) is 0 Å². The SMILES string of the molecule is CC(C)(C)[N+](C)(OCCO)OCCO. The largest absolute Gasteiger partial charge is 0.394 e. The number of hydrogen-bond acceptors (Lipinski definition) is 4. The van der Waals surface area contributed by atoms with E-state index in [0.29, 0.717) is 0 Å². The Balaban J connectivity index is 4.33. The molecule has 0 aliphatic rings. The van der Waals surface area contributed by atoms with Gasteiger partial charge in [-0.3, -0.25) is 0 Å². The lowest BCUT2D eigenvalue weighted by atomic mass is 10.1. The van der Waals surface area contributed by atoms with E-state index in [9.17, 15) is 0 Å². The average molecular weight is 208 g/mol. The van der Waals surface area contributed by atoms with Gasteiger partial charge in [-0.1, -0.05) is 0 Å². The molecule has 0 spiro atoms. The highest BCUT2D eigenvalue weighted by atomic mass is 17.0. The molecule has 0 saturated heterocycles. The first-order chi connectivity index (χ1) is 6.37. The fourth-order valence-corrected chi connectivity index (χ4v) is 0.855. The molecule has 0 atom stereocenters. The van der Waals surface area contributed by atoms with Gasteiger partial charge in [0.05, 0.1) is 13.2 Å². The number of hydroxylamine groups is 4. The first-order valence-electron chi connectivity index (χ1n) is 4.75. The number of rotatable bonds is 6. The Bertz CT molecular complexity index is 147. The van der Waals surface area contributed by atoms with Crippen LogP contribution in [-0.4, -0.2) is 54.0 Å². The lowest BCUT2D eigenvalue weighted by Gasteiger charge is -2.38. The summed E-state index contributed by atoms with van der Waals surface area (Å²) in [5, 5.41) is 17.4. The first-order valence-corrected chi connectivity index (χ1v) is 4.75. The molecule has 5 heteroatoms. The van der Waals surface area contributed by atoms with Gasteiger partial charge < -0.3 is 10.2 Å². The quantitative estimate of drug-likeness (QED) is 0.479. The molecule has 0 aliphatic carbocycles. The predicted molar refractivity (Wildman–Crippen MR) is 52.0 cm³/mol. The van der Waals surface area contributed by atoms with E-state index in [-0.39, 0.29) is 36.8 Å². The van der Waals surface area contributed by atoms with E-state index >= 15 is 0 Å². The number of hydrogen-bond donors (Lipinski definition) is 2. The van der Waals surface area contributed by atoms with Crippen LogP contribution in [0.15, 0.2) is 0 Å². The molecule has 0 saturated carbocycles. The maximum absolute atomic E-state index is 8.68. The summed E-state index contributed by atoms with van der Waals surface area (Å²) in [5.41, 5.74) is -0.273. The summed E-state index contributed by atoms with van der Waals surface area (Å²) < 4.78 is 0. The topological polar surface area (TPSA) is 58.9 Å².